The molecule has 0 spiro atoms. The van der Waals surface area contributed by atoms with Crippen molar-refractivity contribution < 1.29 is 19.9 Å². The van der Waals surface area contributed by atoms with E-state index in [1.165, 1.54) is 6.07 Å². The third-order valence-corrected chi connectivity index (χ3v) is 3.27. The van der Waals surface area contributed by atoms with Gasteiger partial charge in [-0.2, -0.15) is 0 Å². The van der Waals surface area contributed by atoms with E-state index in [-0.39, 0.29) is 41.9 Å². The first-order chi connectivity index (χ1) is 9.42. The van der Waals surface area contributed by atoms with Crippen molar-refractivity contribution in [3.63, 3.8) is 0 Å². The van der Waals surface area contributed by atoms with Crippen molar-refractivity contribution >= 4 is 34.8 Å². The molecule has 0 saturated carbocycles. The maximum atomic E-state index is 12.1. The Morgan fingerprint density at radius 2 is 1.80 bits per heavy atom. The van der Waals surface area contributed by atoms with E-state index in [1.807, 2.05) is 0 Å². The van der Waals surface area contributed by atoms with E-state index in [1.54, 1.807) is 0 Å². The molecule has 110 valence electrons. The second-order valence-electron chi connectivity index (χ2n) is 3.79. The van der Waals surface area contributed by atoms with Crippen molar-refractivity contribution in [2.75, 3.05) is 26.3 Å². The number of carbonyl (C=O) groups is 1. The van der Waals surface area contributed by atoms with Gasteiger partial charge >= 0.3 is 0 Å². The molecule has 1 rings (SSSR count). The van der Waals surface area contributed by atoms with E-state index < -0.39 is 16.5 Å². The lowest BCUT2D eigenvalue weighted by molar-refractivity contribution is -0.384. The summed E-state index contributed by atoms with van der Waals surface area (Å²) in [6.07, 6.45) is 0. The van der Waals surface area contributed by atoms with Crippen LogP contribution in [-0.2, 0) is 0 Å². The van der Waals surface area contributed by atoms with Crippen LogP contribution in [-0.4, -0.2) is 52.2 Å². The molecule has 20 heavy (non-hydrogen) atoms. The average molecular weight is 323 g/mol. The quantitative estimate of drug-likeness (QED) is 0.607. The zero-order valence-corrected chi connectivity index (χ0v) is 11.8. The number of benzene rings is 1. The fourth-order valence-electron chi connectivity index (χ4n) is 1.57. The van der Waals surface area contributed by atoms with Crippen LogP contribution in [0.2, 0.25) is 10.0 Å². The Morgan fingerprint density at radius 3 is 2.25 bits per heavy atom. The number of halogens is 2. The first-order valence-corrected chi connectivity index (χ1v) is 6.32. The lowest BCUT2D eigenvalue weighted by atomic mass is 10.1. The molecule has 0 aliphatic carbocycles. The highest BCUT2D eigenvalue weighted by molar-refractivity contribution is 6.43. The molecule has 0 bridgehead atoms. The summed E-state index contributed by atoms with van der Waals surface area (Å²) < 4.78 is 0. The lowest BCUT2D eigenvalue weighted by Crippen LogP contribution is -2.35. The predicted molar refractivity (Wildman–Crippen MR) is 73.2 cm³/mol. The number of aliphatic hydroxyl groups is 2. The molecule has 1 amide bonds. The zero-order valence-electron chi connectivity index (χ0n) is 10.3. The monoisotopic (exact) mass is 322 g/mol. The fraction of sp³-hybridized carbons (Fsp3) is 0.364. The van der Waals surface area contributed by atoms with Crippen LogP contribution >= 0.6 is 23.2 Å². The van der Waals surface area contributed by atoms with E-state index in [0.717, 1.165) is 11.0 Å². The Balaban J connectivity index is 3.18. The molecule has 0 saturated heterocycles. The largest absolute Gasteiger partial charge is 0.395 e. The second kappa shape index (κ2) is 7.39. The summed E-state index contributed by atoms with van der Waals surface area (Å²) in [6, 6.07) is 2.22. The van der Waals surface area contributed by atoms with Crippen LogP contribution in [0.5, 0.6) is 0 Å². The Bertz CT molecular complexity index is 518. The summed E-state index contributed by atoms with van der Waals surface area (Å²) in [5.74, 6) is -0.588. The highest BCUT2D eigenvalue weighted by Gasteiger charge is 2.22. The zero-order chi connectivity index (χ0) is 15.3. The molecule has 0 fully saturated rings. The van der Waals surface area contributed by atoms with Gasteiger partial charge in [0.15, 0.2) is 0 Å². The molecule has 0 heterocycles. The van der Waals surface area contributed by atoms with E-state index in [0.29, 0.717) is 0 Å². The molecule has 0 unspecified atom stereocenters. The Labute approximate surface area is 124 Å². The number of aliphatic hydroxyl groups excluding tert-OH is 2. The molecule has 7 nitrogen and oxygen atoms in total. The van der Waals surface area contributed by atoms with Gasteiger partial charge in [-0.15, -0.1) is 0 Å². The van der Waals surface area contributed by atoms with Crippen LogP contribution in [0.1, 0.15) is 10.4 Å². The molecule has 2 N–H and O–H groups in total. The van der Waals surface area contributed by atoms with E-state index in [9.17, 15) is 14.9 Å². The SMILES string of the molecule is O=C(c1cc(Cl)c(Cl)c([N+](=O)[O-])c1)N(CCO)CCO. The van der Waals surface area contributed by atoms with Crippen LogP contribution in [0, 0.1) is 10.1 Å². The first kappa shape index (κ1) is 16.6. The van der Waals surface area contributed by atoms with Crippen molar-refractivity contribution in [1.82, 2.24) is 4.90 Å². The molecule has 0 aliphatic heterocycles. The topological polar surface area (TPSA) is 104 Å². The molecular weight excluding hydrogens is 311 g/mol. The van der Waals surface area contributed by atoms with Gasteiger partial charge in [-0.3, -0.25) is 14.9 Å². The van der Waals surface area contributed by atoms with Gasteiger partial charge in [0.05, 0.1) is 23.2 Å². The summed E-state index contributed by atoms with van der Waals surface area (Å²) in [6.45, 7) is -0.606. The van der Waals surface area contributed by atoms with Crippen LogP contribution in [0.15, 0.2) is 12.1 Å². The maximum absolute atomic E-state index is 12.1. The second-order valence-corrected chi connectivity index (χ2v) is 4.57. The van der Waals surface area contributed by atoms with Gasteiger partial charge in [0.2, 0.25) is 0 Å². The van der Waals surface area contributed by atoms with Crippen molar-refractivity contribution in [3.8, 4) is 0 Å². The molecule has 1 aromatic rings. The Kier molecular flexibility index (Phi) is 6.15. The molecule has 9 heteroatoms. The van der Waals surface area contributed by atoms with Gasteiger partial charge < -0.3 is 15.1 Å². The minimum absolute atomic E-state index is 0.00651. The Hall–Kier alpha value is -1.41. The van der Waals surface area contributed by atoms with Gasteiger partial charge in [-0.25, -0.2) is 0 Å². The van der Waals surface area contributed by atoms with Gasteiger partial charge in [-0.05, 0) is 6.07 Å². The molecule has 0 radical (unpaired) electrons. The number of rotatable bonds is 6. The molecule has 0 aromatic heterocycles. The third-order valence-electron chi connectivity index (χ3n) is 2.48. The minimum Gasteiger partial charge on any atom is -0.395 e. The maximum Gasteiger partial charge on any atom is 0.290 e. The normalized spacial score (nSPS) is 10.4. The van der Waals surface area contributed by atoms with Crippen molar-refractivity contribution in [3.05, 3.63) is 37.9 Å². The number of nitro benzene ring substituents is 1. The lowest BCUT2D eigenvalue weighted by Gasteiger charge is -2.20. The molecular formula is C11H12Cl2N2O5. The third kappa shape index (κ3) is 3.80. The number of nitro groups is 1. The highest BCUT2D eigenvalue weighted by atomic mass is 35.5. The van der Waals surface area contributed by atoms with Crippen molar-refractivity contribution in [2.24, 2.45) is 0 Å². The minimum atomic E-state index is -0.743. The van der Waals surface area contributed by atoms with E-state index in [2.05, 4.69) is 0 Å². The summed E-state index contributed by atoms with van der Waals surface area (Å²) >= 11 is 11.4. The van der Waals surface area contributed by atoms with Crippen LogP contribution in [0.25, 0.3) is 0 Å². The summed E-state index contributed by atoms with van der Waals surface area (Å²) in [7, 11) is 0. The van der Waals surface area contributed by atoms with Crippen LogP contribution in [0.4, 0.5) is 5.69 Å². The fourth-order valence-corrected chi connectivity index (χ4v) is 1.96. The highest BCUT2D eigenvalue weighted by Crippen LogP contribution is 2.33. The van der Waals surface area contributed by atoms with Gasteiger partial charge in [0.1, 0.15) is 5.02 Å². The van der Waals surface area contributed by atoms with Crippen molar-refractivity contribution in [1.29, 1.82) is 0 Å². The first-order valence-electron chi connectivity index (χ1n) is 5.56. The number of nitrogens with zero attached hydrogens (tertiary/aromatic N) is 2. The van der Waals surface area contributed by atoms with E-state index >= 15 is 0 Å². The number of amides is 1. The number of carbonyl (C=O) groups excluding carboxylic acids is 1. The standard InChI is InChI=1S/C11H12Cl2N2O5/c12-8-5-7(6-9(10(8)13)15(19)20)11(18)14(1-3-16)2-4-17/h5-6,16-17H,1-4H2. The number of hydrogen-bond acceptors (Lipinski definition) is 5. The molecule has 0 atom stereocenters. The summed E-state index contributed by atoms with van der Waals surface area (Å²) in [4.78, 5) is 23.4. The van der Waals surface area contributed by atoms with Crippen molar-refractivity contribution in [2.45, 2.75) is 0 Å². The molecule has 0 aliphatic rings. The summed E-state index contributed by atoms with van der Waals surface area (Å²) in [5, 5.41) is 28.2. The Morgan fingerprint density at radius 1 is 1.25 bits per heavy atom. The number of hydrogen-bond donors (Lipinski definition) is 2. The van der Waals surface area contributed by atoms with Crippen LogP contribution in [0.3, 0.4) is 0 Å². The van der Waals surface area contributed by atoms with Gasteiger partial charge in [0, 0.05) is 24.7 Å². The predicted octanol–water partition coefficient (Wildman–Crippen LogP) is 1.33. The smallest absolute Gasteiger partial charge is 0.290 e. The van der Waals surface area contributed by atoms with Gasteiger partial charge in [0.25, 0.3) is 11.6 Å². The average Bonchev–Trinajstić information content (AvgIpc) is 2.40. The molecule has 1 aromatic carbocycles. The van der Waals surface area contributed by atoms with Gasteiger partial charge in [-0.1, -0.05) is 23.2 Å². The van der Waals surface area contributed by atoms with Crippen LogP contribution < -0.4 is 0 Å². The van der Waals surface area contributed by atoms with E-state index in [4.69, 9.17) is 33.4 Å². The summed E-state index contributed by atoms with van der Waals surface area (Å²) in [5.41, 5.74) is -0.511.